The minimum absolute atomic E-state index is 0.355. The molecule has 1 aromatic carbocycles. The van der Waals surface area contributed by atoms with Crippen LogP contribution in [0.4, 0.5) is 0 Å². The van der Waals surface area contributed by atoms with Crippen molar-refractivity contribution in [1.82, 2.24) is 0 Å². The van der Waals surface area contributed by atoms with Crippen molar-refractivity contribution in [2.24, 2.45) is 0 Å². The third-order valence-corrected chi connectivity index (χ3v) is 4.70. The molecule has 2 heteroatoms. The van der Waals surface area contributed by atoms with Gasteiger partial charge < -0.3 is 5.11 Å². The molecule has 1 N–H and O–H groups in total. The van der Waals surface area contributed by atoms with E-state index in [2.05, 4.69) is 6.92 Å². The van der Waals surface area contributed by atoms with E-state index in [4.69, 9.17) is 0 Å². The van der Waals surface area contributed by atoms with Crippen LogP contribution in [-0.2, 0) is 0 Å². The molecule has 0 radical (unpaired) electrons. The van der Waals surface area contributed by atoms with Crippen LogP contribution in [0, 0.1) is 0 Å². The largest absolute Gasteiger partial charge is 0.508 e. The van der Waals surface area contributed by atoms with Crippen LogP contribution in [0.2, 0.25) is 0 Å². The number of hydrogen-bond acceptors (Lipinski definition) is 2. The summed E-state index contributed by atoms with van der Waals surface area (Å²) in [5.74, 6) is 1.55. The van der Waals surface area contributed by atoms with E-state index < -0.39 is 0 Å². The fourth-order valence-electron chi connectivity index (χ4n) is 2.32. The van der Waals surface area contributed by atoms with Gasteiger partial charge >= 0.3 is 0 Å². The molecule has 1 aromatic rings. The molecule has 0 heterocycles. The summed E-state index contributed by atoms with van der Waals surface area (Å²) in [5, 5.41) is 9.21. The van der Waals surface area contributed by atoms with E-state index in [1.807, 2.05) is 23.9 Å². The molecule has 0 aliphatic rings. The van der Waals surface area contributed by atoms with Gasteiger partial charge in [-0.05, 0) is 36.4 Å². The van der Waals surface area contributed by atoms with E-state index in [1.165, 1.54) is 74.9 Å². The van der Waals surface area contributed by atoms with Crippen LogP contribution in [0.5, 0.6) is 5.75 Å². The second-order valence-electron chi connectivity index (χ2n) is 5.52. The summed E-state index contributed by atoms with van der Waals surface area (Å²) >= 11 is 1.90. The maximum absolute atomic E-state index is 9.21. The van der Waals surface area contributed by atoms with Crippen LogP contribution in [0.25, 0.3) is 0 Å². The van der Waals surface area contributed by atoms with Crippen molar-refractivity contribution >= 4 is 11.8 Å². The van der Waals surface area contributed by atoms with E-state index >= 15 is 0 Å². The Morgan fingerprint density at radius 1 is 0.750 bits per heavy atom. The number of hydrogen-bond donors (Lipinski definition) is 1. The van der Waals surface area contributed by atoms with Crippen LogP contribution in [0.15, 0.2) is 29.2 Å². The molecule has 0 saturated heterocycles. The van der Waals surface area contributed by atoms with Crippen molar-refractivity contribution in [2.75, 3.05) is 5.75 Å². The SMILES string of the molecule is CCCCCCCCCCCCSc1ccc(O)cc1. The maximum Gasteiger partial charge on any atom is 0.115 e. The lowest BCUT2D eigenvalue weighted by Crippen LogP contribution is -1.84. The fraction of sp³-hybridized carbons (Fsp3) is 0.667. The molecule has 20 heavy (non-hydrogen) atoms. The van der Waals surface area contributed by atoms with Crippen LogP contribution >= 0.6 is 11.8 Å². The third-order valence-electron chi connectivity index (χ3n) is 3.60. The van der Waals surface area contributed by atoms with Gasteiger partial charge in [0, 0.05) is 4.90 Å². The average molecular weight is 295 g/mol. The van der Waals surface area contributed by atoms with E-state index in [1.54, 1.807) is 12.1 Å². The molecule has 0 aliphatic carbocycles. The molecule has 0 bridgehead atoms. The highest BCUT2D eigenvalue weighted by molar-refractivity contribution is 7.99. The summed E-state index contributed by atoms with van der Waals surface area (Å²) in [6.45, 7) is 2.27. The lowest BCUT2D eigenvalue weighted by molar-refractivity contribution is 0.475. The molecular weight excluding hydrogens is 264 g/mol. The molecule has 0 aliphatic heterocycles. The van der Waals surface area contributed by atoms with Gasteiger partial charge in [0.1, 0.15) is 5.75 Å². The summed E-state index contributed by atoms with van der Waals surface area (Å²) in [6, 6.07) is 7.52. The molecule has 0 spiro atoms. The monoisotopic (exact) mass is 294 g/mol. The molecule has 0 amide bonds. The van der Waals surface area contributed by atoms with E-state index in [0.29, 0.717) is 5.75 Å². The Kier molecular flexibility index (Phi) is 10.6. The Labute approximate surface area is 129 Å². The van der Waals surface area contributed by atoms with E-state index in [9.17, 15) is 5.11 Å². The lowest BCUT2D eigenvalue weighted by Gasteiger charge is -2.03. The molecule has 1 rings (SSSR count). The molecule has 0 saturated carbocycles. The van der Waals surface area contributed by atoms with Gasteiger partial charge in [-0.25, -0.2) is 0 Å². The number of rotatable bonds is 12. The first-order chi connectivity index (χ1) is 9.83. The van der Waals surface area contributed by atoms with Crippen LogP contribution in [0.1, 0.15) is 71.1 Å². The molecule has 0 aromatic heterocycles. The molecular formula is C18H30OS. The molecule has 1 nitrogen and oxygen atoms in total. The second-order valence-corrected chi connectivity index (χ2v) is 6.69. The van der Waals surface area contributed by atoms with Crippen molar-refractivity contribution in [3.8, 4) is 5.75 Å². The summed E-state index contributed by atoms with van der Waals surface area (Å²) in [4.78, 5) is 1.26. The first-order valence-corrected chi connectivity index (χ1v) is 9.23. The number of thioether (sulfide) groups is 1. The quantitative estimate of drug-likeness (QED) is 0.355. The van der Waals surface area contributed by atoms with Gasteiger partial charge in [0.25, 0.3) is 0 Å². The highest BCUT2D eigenvalue weighted by Crippen LogP contribution is 2.22. The number of phenolic OH excluding ortho intramolecular Hbond substituents is 1. The Hall–Kier alpha value is -0.630. The fourth-order valence-corrected chi connectivity index (χ4v) is 3.23. The van der Waals surface area contributed by atoms with E-state index in [0.717, 1.165) is 0 Å². The smallest absolute Gasteiger partial charge is 0.115 e. The number of phenols is 1. The van der Waals surface area contributed by atoms with Gasteiger partial charge in [0.2, 0.25) is 0 Å². The zero-order valence-corrected chi connectivity index (χ0v) is 13.8. The number of aromatic hydroxyl groups is 1. The minimum atomic E-state index is 0.355. The number of benzene rings is 1. The molecule has 0 atom stereocenters. The molecule has 0 fully saturated rings. The van der Waals surface area contributed by atoms with Gasteiger partial charge in [-0.15, -0.1) is 11.8 Å². The molecule has 114 valence electrons. The first-order valence-electron chi connectivity index (χ1n) is 8.24. The normalized spacial score (nSPS) is 10.8. The predicted molar refractivity (Wildman–Crippen MR) is 90.7 cm³/mol. The molecule has 0 unspecified atom stereocenters. The van der Waals surface area contributed by atoms with Crippen LogP contribution < -0.4 is 0 Å². The highest BCUT2D eigenvalue weighted by atomic mass is 32.2. The summed E-state index contributed by atoms with van der Waals surface area (Å²) in [5.41, 5.74) is 0. The summed E-state index contributed by atoms with van der Waals surface area (Å²) in [6.07, 6.45) is 14.0. The Morgan fingerprint density at radius 2 is 1.25 bits per heavy atom. The zero-order valence-electron chi connectivity index (χ0n) is 12.9. The average Bonchev–Trinajstić information content (AvgIpc) is 2.47. The lowest BCUT2D eigenvalue weighted by atomic mass is 10.1. The van der Waals surface area contributed by atoms with Crippen molar-refractivity contribution in [3.05, 3.63) is 24.3 Å². The first kappa shape index (κ1) is 17.4. The Bertz CT molecular complexity index is 321. The van der Waals surface area contributed by atoms with Gasteiger partial charge in [-0.2, -0.15) is 0 Å². The second kappa shape index (κ2) is 12.1. The summed E-state index contributed by atoms with van der Waals surface area (Å²) in [7, 11) is 0. The minimum Gasteiger partial charge on any atom is -0.508 e. The highest BCUT2D eigenvalue weighted by Gasteiger charge is 1.96. The topological polar surface area (TPSA) is 20.2 Å². The Morgan fingerprint density at radius 3 is 1.80 bits per heavy atom. The summed E-state index contributed by atoms with van der Waals surface area (Å²) < 4.78 is 0. The van der Waals surface area contributed by atoms with Crippen molar-refractivity contribution < 1.29 is 5.11 Å². The van der Waals surface area contributed by atoms with Gasteiger partial charge in [0.05, 0.1) is 0 Å². The van der Waals surface area contributed by atoms with Crippen LogP contribution in [0.3, 0.4) is 0 Å². The third kappa shape index (κ3) is 9.30. The number of unbranched alkanes of at least 4 members (excludes halogenated alkanes) is 9. The van der Waals surface area contributed by atoms with Gasteiger partial charge in [0.15, 0.2) is 0 Å². The zero-order chi connectivity index (χ0) is 14.5. The standard InChI is InChI=1S/C18H30OS/c1-2-3-4-5-6-7-8-9-10-11-16-20-18-14-12-17(19)13-15-18/h12-15,19H,2-11,16H2,1H3. The van der Waals surface area contributed by atoms with Gasteiger partial charge in [-0.3, -0.25) is 0 Å². The van der Waals surface area contributed by atoms with Crippen LogP contribution in [-0.4, -0.2) is 10.9 Å². The van der Waals surface area contributed by atoms with Gasteiger partial charge in [-0.1, -0.05) is 64.7 Å². The van der Waals surface area contributed by atoms with E-state index in [-0.39, 0.29) is 0 Å². The maximum atomic E-state index is 9.21. The predicted octanol–water partition coefficient (Wildman–Crippen LogP) is 6.41. The van der Waals surface area contributed by atoms with Crippen molar-refractivity contribution in [1.29, 1.82) is 0 Å². The van der Waals surface area contributed by atoms with Crippen molar-refractivity contribution in [3.63, 3.8) is 0 Å². The van der Waals surface area contributed by atoms with Crippen molar-refractivity contribution in [2.45, 2.75) is 76.0 Å². The Balaban J connectivity index is 1.84.